The molecule has 21 heavy (non-hydrogen) atoms. The maximum atomic E-state index is 4.13. The molecule has 2 rings (SSSR count). The van der Waals surface area contributed by atoms with Crippen molar-refractivity contribution in [3.05, 3.63) is 88.3 Å². The second-order valence-corrected chi connectivity index (χ2v) is 5.55. The molecule has 0 aliphatic heterocycles. The summed E-state index contributed by atoms with van der Waals surface area (Å²) in [6.45, 7) is 14.6. The Labute approximate surface area is 127 Å². The first-order valence-corrected chi connectivity index (χ1v) is 7.18. The predicted molar refractivity (Wildman–Crippen MR) is 94.3 cm³/mol. The fourth-order valence-corrected chi connectivity index (χ4v) is 2.40. The van der Waals surface area contributed by atoms with Crippen molar-refractivity contribution in [1.82, 2.24) is 0 Å². The monoisotopic (exact) mass is 274 g/mol. The lowest BCUT2D eigenvalue weighted by atomic mass is 9.98. The molecule has 0 fully saturated rings. The summed E-state index contributed by atoms with van der Waals surface area (Å²) in [7, 11) is 0. The first kappa shape index (κ1) is 15.1. The largest absolute Gasteiger partial charge is 0.0955 e. The number of allylic oxidation sites excluding steroid dienone is 3. The van der Waals surface area contributed by atoms with Crippen LogP contribution in [0.5, 0.6) is 0 Å². The number of rotatable bonds is 3. The van der Waals surface area contributed by atoms with Crippen LogP contribution in [-0.2, 0) is 0 Å². The SMILES string of the molecule is C=C(C)C(/C=C(\C)c1cccc(C)c1)=c1\ccccc1=C. The highest BCUT2D eigenvalue weighted by atomic mass is 14.1. The molecular formula is C21H22. The Bertz CT molecular complexity index is 804. The maximum absolute atomic E-state index is 4.13. The molecule has 0 aliphatic carbocycles. The van der Waals surface area contributed by atoms with Gasteiger partial charge in [-0.25, -0.2) is 0 Å². The Kier molecular flexibility index (Phi) is 4.59. The van der Waals surface area contributed by atoms with Gasteiger partial charge in [0.2, 0.25) is 0 Å². The van der Waals surface area contributed by atoms with Crippen LogP contribution in [0.15, 0.2) is 66.8 Å². The van der Waals surface area contributed by atoms with Gasteiger partial charge in [-0.15, -0.1) is 0 Å². The summed E-state index contributed by atoms with van der Waals surface area (Å²) in [5, 5.41) is 2.18. The highest BCUT2D eigenvalue weighted by molar-refractivity contribution is 5.81. The van der Waals surface area contributed by atoms with E-state index in [1.54, 1.807) is 0 Å². The molecule has 2 aromatic rings. The van der Waals surface area contributed by atoms with Crippen LogP contribution in [0, 0.1) is 6.92 Å². The minimum absolute atomic E-state index is 1.03. The highest BCUT2D eigenvalue weighted by Crippen LogP contribution is 2.19. The molecule has 0 heterocycles. The molecule has 0 N–H and O–H groups in total. The Balaban J connectivity index is 2.64. The van der Waals surface area contributed by atoms with Crippen LogP contribution in [0.4, 0.5) is 0 Å². The second kappa shape index (κ2) is 6.41. The van der Waals surface area contributed by atoms with Gasteiger partial charge >= 0.3 is 0 Å². The molecule has 0 radical (unpaired) electrons. The average molecular weight is 274 g/mol. The fraction of sp³-hybridized carbons (Fsp3) is 0.143. The van der Waals surface area contributed by atoms with Crippen molar-refractivity contribution in [3.63, 3.8) is 0 Å². The van der Waals surface area contributed by atoms with Crippen LogP contribution in [0.3, 0.4) is 0 Å². The zero-order valence-electron chi connectivity index (χ0n) is 13.1. The van der Waals surface area contributed by atoms with E-state index >= 15 is 0 Å². The number of hydrogen-bond donors (Lipinski definition) is 0. The fourth-order valence-electron chi connectivity index (χ4n) is 2.40. The van der Waals surface area contributed by atoms with E-state index in [0.29, 0.717) is 0 Å². The van der Waals surface area contributed by atoms with E-state index in [4.69, 9.17) is 0 Å². The van der Waals surface area contributed by atoms with Gasteiger partial charge in [-0.05, 0) is 47.9 Å². The number of benzene rings is 2. The minimum atomic E-state index is 1.03. The highest BCUT2D eigenvalue weighted by Gasteiger charge is 2.01. The Morgan fingerprint density at radius 3 is 2.33 bits per heavy atom. The van der Waals surface area contributed by atoms with Gasteiger partial charge in [0.05, 0.1) is 0 Å². The van der Waals surface area contributed by atoms with Crippen LogP contribution in [0.2, 0.25) is 0 Å². The maximum Gasteiger partial charge on any atom is -0.0115 e. The summed E-state index contributed by atoms with van der Waals surface area (Å²) in [6.07, 6.45) is 2.21. The van der Waals surface area contributed by atoms with Crippen molar-refractivity contribution in [1.29, 1.82) is 0 Å². The van der Waals surface area contributed by atoms with E-state index in [2.05, 4.69) is 63.4 Å². The standard InChI is InChI=1S/C21H22/c1-15(2)21(20-12-7-6-10-17(20)4)14-18(5)19-11-8-9-16(3)13-19/h6-14H,1,4H2,2-3,5H3/b18-14+,21-20+. The third kappa shape index (κ3) is 3.61. The van der Waals surface area contributed by atoms with Crippen molar-refractivity contribution in [2.75, 3.05) is 0 Å². The lowest BCUT2D eigenvalue weighted by Crippen LogP contribution is -2.24. The Hall–Kier alpha value is -2.34. The lowest BCUT2D eigenvalue weighted by molar-refractivity contribution is 1.43. The minimum Gasteiger partial charge on any atom is -0.0955 e. The van der Waals surface area contributed by atoms with Gasteiger partial charge in [-0.2, -0.15) is 0 Å². The lowest BCUT2D eigenvalue weighted by Gasteiger charge is -2.07. The van der Waals surface area contributed by atoms with Crippen molar-refractivity contribution < 1.29 is 0 Å². The molecule has 106 valence electrons. The van der Waals surface area contributed by atoms with Gasteiger partial charge in [0.15, 0.2) is 0 Å². The van der Waals surface area contributed by atoms with Gasteiger partial charge in [0, 0.05) is 0 Å². The molecule has 2 aromatic carbocycles. The van der Waals surface area contributed by atoms with Gasteiger partial charge in [-0.1, -0.05) is 78.9 Å². The normalized spacial score (nSPS) is 13.0. The van der Waals surface area contributed by atoms with Crippen molar-refractivity contribution >= 4 is 17.7 Å². The molecule has 0 atom stereocenters. The summed E-state index contributed by atoms with van der Waals surface area (Å²) >= 11 is 0. The molecule has 0 amide bonds. The average Bonchev–Trinajstić information content (AvgIpc) is 2.45. The smallest absolute Gasteiger partial charge is 0.0115 e. The second-order valence-electron chi connectivity index (χ2n) is 5.55. The topological polar surface area (TPSA) is 0 Å². The molecule has 0 unspecified atom stereocenters. The summed E-state index contributed by atoms with van der Waals surface area (Å²) in [4.78, 5) is 0. The summed E-state index contributed by atoms with van der Waals surface area (Å²) < 4.78 is 0. The van der Waals surface area contributed by atoms with Gasteiger partial charge in [0.25, 0.3) is 0 Å². The first-order valence-electron chi connectivity index (χ1n) is 7.18. The van der Waals surface area contributed by atoms with Gasteiger partial charge < -0.3 is 0 Å². The van der Waals surface area contributed by atoms with E-state index < -0.39 is 0 Å². The third-order valence-electron chi connectivity index (χ3n) is 3.60. The van der Waals surface area contributed by atoms with Crippen molar-refractivity contribution in [3.8, 4) is 0 Å². The van der Waals surface area contributed by atoms with E-state index in [9.17, 15) is 0 Å². The molecule has 0 heteroatoms. The van der Waals surface area contributed by atoms with E-state index in [-0.39, 0.29) is 0 Å². The molecule has 0 nitrogen and oxygen atoms in total. The third-order valence-corrected chi connectivity index (χ3v) is 3.60. The molecule has 0 aliphatic rings. The zero-order valence-corrected chi connectivity index (χ0v) is 13.1. The quantitative estimate of drug-likeness (QED) is 0.785. The molecule has 0 saturated heterocycles. The van der Waals surface area contributed by atoms with Crippen LogP contribution >= 0.6 is 0 Å². The Morgan fingerprint density at radius 1 is 1.00 bits per heavy atom. The van der Waals surface area contributed by atoms with Crippen LogP contribution < -0.4 is 10.4 Å². The molecule has 0 spiro atoms. The molecule has 0 aromatic heterocycles. The van der Waals surface area contributed by atoms with E-state index in [0.717, 1.165) is 21.6 Å². The van der Waals surface area contributed by atoms with Crippen LogP contribution in [0.25, 0.3) is 17.7 Å². The summed E-state index contributed by atoms with van der Waals surface area (Å²) in [5.41, 5.74) is 5.96. The summed E-state index contributed by atoms with van der Waals surface area (Å²) in [5.74, 6) is 0. The van der Waals surface area contributed by atoms with Crippen molar-refractivity contribution in [2.24, 2.45) is 0 Å². The van der Waals surface area contributed by atoms with Gasteiger partial charge in [-0.3, -0.25) is 0 Å². The van der Waals surface area contributed by atoms with Gasteiger partial charge in [0.1, 0.15) is 0 Å². The first-order chi connectivity index (χ1) is 9.99. The summed E-state index contributed by atoms with van der Waals surface area (Å²) in [6, 6.07) is 16.8. The van der Waals surface area contributed by atoms with Crippen molar-refractivity contribution in [2.45, 2.75) is 20.8 Å². The zero-order chi connectivity index (χ0) is 15.4. The van der Waals surface area contributed by atoms with Crippen LogP contribution in [-0.4, -0.2) is 0 Å². The Morgan fingerprint density at radius 2 is 1.71 bits per heavy atom. The predicted octanol–water partition coefficient (Wildman–Crippen LogP) is 4.24. The number of aryl methyl sites for hydroxylation is 1. The van der Waals surface area contributed by atoms with Crippen LogP contribution in [0.1, 0.15) is 25.0 Å². The van der Waals surface area contributed by atoms with E-state index in [1.807, 2.05) is 25.1 Å². The molecular weight excluding hydrogens is 252 g/mol. The molecule has 0 bridgehead atoms. The molecule has 0 saturated carbocycles. The van der Waals surface area contributed by atoms with E-state index in [1.165, 1.54) is 16.7 Å². The number of hydrogen-bond acceptors (Lipinski definition) is 0.